The molecule has 0 aromatic rings. The molecule has 0 fully saturated rings. The second-order valence-corrected chi connectivity index (χ2v) is 0. The van der Waals surface area contributed by atoms with Crippen LogP contribution in [0, 0.1) is 0 Å². The van der Waals surface area contributed by atoms with Crippen LogP contribution in [0.2, 0.25) is 0 Å². The Balaban J connectivity index is 0. The molecule has 0 unspecified atom stereocenters. The maximum atomic E-state index is 0. The first-order valence-corrected chi connectivity index (χ1v) is 0. The summed E-state index contributed by atoms with van der Waals surface area (Å²) < 4.78 is 0. The summed E-state index contributed by atoms with van der Waals surface area (Å²) in [5.41, 5.74) is 0. The Morgan fingerprint density at radius 2 is 0.600 bits per heavy atom. The zero-order valence-corrected chi connectivity index (χ0v) is 12.4. The van der Waals surface area contributed by atoms with E-state index in [1.165, 1.54) is 0 Å². The Bertz CT molecular complexity index is 7.61. The molecule has 0 aliphatic rings. The predicted octanol–water partition coefficient (Wildman–Crippen LogP) is 0.836. The minimum Gasteiger partial charge on any atom is -0.147 e. The first-order chi connectivity index (χ1) is 0. The van der Waals surface area contributed by atoms with Gasteiger partial charge in [-0.2, -0.15) is 0 Å². The van der Waals surface area contributed by atoms with Crippen molar-refractivity contribution in [2.75, 3.05) is 0 Å². The molecular weight excluding hydrogens is 295 g/mol. The van der Waals surface area contributed by atoms with E-state index >= 15 is 0 Å². The molecule has 0 nitrogen and oxygen atoms in total. The van der Waals surface area contributed by atoms with Crippen LogP contribution in [0.5, 0.6) is 0 Å². The van der Waals surface area contributed by atoms with E-state index in [4.69, 9.17) is 0 Å². The van der Waals surface area contributed by atoms with E-state index in [-0.39, 0.29) is 86.2 Å². The second-order valence-electron chi connectivity index (χ2n) is 0. The fourth-order valence-corrected chi connectivity index (χ4v) is 0. The van der Waals surface area contributed by atoms with Crippen molar-refractivity contribution in [1.82, 2.24) is 0 Å². The molecule has 0 spiro atoms. The van der Waals surface area contributed by atoms with Crippen LogP contribution in [-0.2, 0) is 61.3 Å². The van der Waals surface area contributed by atoms with E-state index in [1.807, 2.05) is 0 Å². The van der Waals surface area contributed by atoms with Gasteiger partial charge in [0, 0.05) is 61.3 Å². The van der Waals surface area contributed by atoms with Crippen molar-refractivity contribution in [2.45, 2.75) is 0 Å². The Hall–Kier alpha value is 2.57. The fourth-order valence-electron chi connectivity index (χ4n) is 0. The first kappa shape index (κ1) is 49.5. The summed E-state index contributed by atoms with van der Waals surface area (Å²) in [4.78, 5) is 0. The van der Waals surface area contributed by atoms with Crippen LogP contribution in [0.3, 0.4) is 0 Å². The Morgan fingerprint density at radius 1 is 0.600 bits per heavy atom. The summed E-state index contributed by atoms with van der Waals surface area (Å²) in [5, 5.41) is 0. The van der Waals surface area contributed by atoms with E-state index in [0.717, 1.165) is 0 Å². The van der Waals surface area contributed by atoms with E-state index < -0.39 is 0 Å². The second kappa shape index (κ2) is 30.9. The molecule has 0 aliphatic carbocycles. The molecule has 0 atom stereocenters. The third-order valence-corrected chi connectivity index (χ3v) is 0. The standard InChI is InChI=1S/2ClH.Nb.2Zn/h2*1H;;;. The van der Waals surface area contributed by atoms with Crippen LogP contribution in [0.15, 0.2) is 0 Å². The minimum atomic E-state index is 0. The molecule has 5 heavy (non-hydrogen) atoms. The van der Waals surface area contributed by atoms with Crippen molar-refractivity contribution in [3.63, 3.8) is 0 Å². The molecule has 0 N–H and O–H groups in total. The summed E-state index contributed by atoms with van der Waals surface area (Å²) >= 11 is 0. The maximum absolute atomic E-state index is 0. The average molecular weight is 297 g/mol. The SMILES string of the molecule is Cl.Cl.[Nb].[Zn].[Zn]. The quantitative estimate of drug-likeness (QED) is 0.581. The fraction of sp³-hybridized carbons (Fsp3) is 0. The van der Waals surface area contributed by atoms with Crippen molar-refractivity contribution in [3.05, 3.63) is 0 Å². The Kier molecular flexibility index (Phi) is 306. The monoisotopic (exact) mass is 293 g/mol. The van der Waals surface area contributed by atoms with Gasteiger partial charge >= 0.3 is 0 Å². The predicted molar refractivity (Wildman–Crippen MR) is 14.5 cm³/mol. The third kappa shape index (κ3) is 20.8. The molecule has 25 valence electrons. The van der Waals surface area contributed by atoms with Crippen LogP contribution in [0.4, 0.5) is 0 Å². The van der Waals surface area contributed by atoms with E-state index in [9.17, 15) is 0 Å². The summed E-state index contributed by atoms with van der Waals surface area (Å²) in [6.07, 6.45) is 0. The van der Waals surface area contributed by atoms with Gasteiger partial charge in [-0.15, -0.1) is 24.8 Å². The van der Waals surface area contributed by atoms with Gasteiger partial charge in [-0.25, -0.2) is 0 Å². The number of rotatable bonds is 0. The van der Waals surface area contributed by atoms with Gasteiger partial charge in [-0.1, -0.05) is 0 Å². The molecule has 0 heterocycles. The van der Waals surface area contributed by atoms with E-state index in [0.29, 0.717) is 0 Å². The summed E-state index contributed by atoms with van der Waals surface area (Å²) in [7, 11) is 0. The average Bonchev–Trinajstić information content (AvgIpc) is 0. The summed E-state index contributed by atoms with van der Waals surface area (Å²) in [6, 6.07) is 0. The zero-order chi connectivity index (χ0) is 0. The van der Waals surface area contributed by atoms with Gasteiger partial charge in [0.25, 0.3) is 0 Å². The van der Waals surface area contributed by atoms with Gasteiger partial charge < -0.3 is 0 Å². The van der Waals surface area contributed by atoms with Crippen LogP contribution in [-0.4, -0.2) is 0 Å². The molecule has 0 aromatic carbocycles. The summed E-state index contributed by atoms with van der Waals surface area (Å²) in [5.74, 6) is 0. The minimum absolute atomic E-state index is 0. The van der Waals surface area contributed by atoms with E-state index in [2.05, 4.69) is 0 Å². The van der Waals surface area contributed by atoms with Gasteiger partial charge in [-0.3, -0.25) is 0 Å². The molecule has 0 amide bonds. The van der Waals surface area contributed by atoms with Crippen molar-refractivity contribution in [3.8, 4) is 0 Å². The van der Waals surface area contributed by atoms with Crippen LogP contribution < -0.4 is 0 Å². The van der Waals surface area contributed by atoms with Gasteiger partial charge in [0.15, 0.2) is 0 Å². The normalized spacial score (nSPS) is 0. The van der Waals surface area contributed by atoms with Crippen molar-refractivity contribution >= 4 is 24.8 Å². The number of halogens is 2. The Labute approximate surface area is 85.1 Å². The molecule has 0 saturated carbocycles. The van der Waals surface area contributed by atoms with Gasteiger partial charge in [0.2, 0.25) is 0 Å². The van der Waals surface area contributed by atoms with Crippen LogP contribution in [0.1, 0.15) is 0 Å². The van der Waals surface area contributed by atoms with Gasteiger partial charge in [0.1, 0.15) is 0 Å². The molecule has 1 radical (unpaired) electrons. The maximum Gasteiger partial charge on any atom is 0 e. The molecular formula is H2Cl2NbZn2. The topological polar surface area (TPSA) is 0 Å². The van der Waals surface area contributed by atoms with Crippen LogP contribution in [0.25, 0.3) is 0 Å². The van der Waals surface area contributed by atoms with Crippen LogP contribution >= 0.6 is 24.8 Å². The molecule has 5 heteroatoms. The zero-order valence-electron chi connectivity index (χ0n) is 2.68. The summed E-state index contributed by atoms with van der Waals surface area (Å²) in [6.45, 7) is 0. The first-order valence-electron chi connectivity index (χ1n) is 0. The van der Waals surface area contributed by atoms with Crippen molar-refractivity contribution in [1.29, 1.82) is 0 Å². The smallest absolute Gasteiger partial charge is 0 e. The molecule has 0 aromatic heterocycles. The molecule has 0 rings (SSSR count). The Morgan fingerprint density at radius 3 is 0.600 bits per heavy atom. The van der Waals surface area contributed by atoms with Gasteiger partial charge in [0.05, 0.1) is 0 Å². The van der Waals surface area contributed by atoms with Gasteiger partial charge in [-0.05, 0) is 0 Å². The molecule has 0 bridgehead atoms. The van der Waals surface area contributed by atoms with E-state index in [1.54, 1.807) is 0 Å². The largest absolute Gasteiger partial charge is 0.147 e. The van der Waals surface area contributed by atoms with Crippen molar-refractivity contribution < 1.29 is 61.3 Å². The number of hydrogen-bond acceptors (Lipinski definition) is 0. The number of hydrogen-bond donors (Lipinski definition) is 0. The molecule has 0 saturated heterocycles. The van der Waals surface area contributed by atoms with Crippen molar-refractivity contribution in [2.24, 2.45) is 0 Å². The molecule has 0 aliphatic heterocycles. The third-order valence-electron chi connectivity index (χ3n) is 0.